The summed E-state index contributed by atoms with van der Waals surface area (Å²) in [5.41, 5.74) is 14.6. The molecule has 0 saturated heterocycles. The maximum atomic E-state index is 6.83. The highest BCUT2D eigenvalue weighted by molar-refractivity contribution is 6.15. The Morgan fingerprint density at radius 3 is 2.16 bits per heavy atom. The fourth-order valence-corrected chi connectivity index (χ4v) is 9.96. The van der Waals surface area contributed by atoms with Crippen molar-refractivity contribution in [3.8, 4) is 22.3 Å². The molecule has 4 aliphatic rings. The zero-order valence-electron chi connectivity index (χ0n) is 27.4. The first-order chi connectivity index (χ1) is 24.7. The van der Waals surface area contributed by atoms with Gasteiger partial charge < -0.3 is 8.83 Å². The summed E-state index contributed by atoms with van der Waals surface area (Å²) in [5.74, 6) is 0.401. The molecule has 12 rings (SSSR count). The van der Waals surface area contributed by atoms with Crippen LogP contribution in [0.3, 0.4) is 0 Å². The van der Waals surface area contributed by atoms with E-state index in [-0.39, 0.29) is 6.04 Å². The number of furan rings is 2. The number of nitrogens with zero attached hydrogens (tertiary/aromatic N) is 1. The van der Waals surface area contributed by atoms with E-state index in [9.17, 15) is 0 Å². The summed E-state index contributed by atoms with van der Waals surface area (Å²) in [6.45, 7) is 0. The second kappa shape index (κ2) is 9.41. The average molecular weight is 642 g/mol. The predicted molar refractivity (Wildman–Crippen MR) is 202 cm³/mol. The van der Waals surface area contributed by atoms with E-state index in [2.05, 4.69) is 164 Å². The van der Waals surface area contributed by atoms with Gasteiger partial charge in [-0.05, 0) is 75.8 Å². The van der Waals surface area contributed by atoms with Crippen LogP contribution < -0.4 is 0 Å². The van der Waals surface area contributed by atoms with Crippen molar-refractivity contribution in [2.75, 3.05) is 7.05 Å². The molecule has 0 amide bonds. The van der Waals surface area contributed by atoms with Gasteiger partial charge in [0.1, 0.15) is 22.3 Å². The van der Waals surface area contributed by atoms with Gasteiger partial charge in [0, 0.05) is 39.1 Å². The Morgan fingerprint density at radius 2 is 1.26 bits per heavy atom. The quantitative estimate of drug-likeness (QED) is 0.167. The average Bonchev–Trinajstić information content (AvgIpc) is 3.88. The van der Waals surface area contributed by atoms with Crippen LogP contribution in [0.4, 0.5) is 0 Å². The smallest absolute Gasteiger partial charge is 0.143 e. The molecule has 0 fully saturated rings. The Morgan fingerprint density at radius 1 is 0.520 bits per heavy atom. The van der Waals surface area contributed by atoms with Gasteiger partial charge in [0.2, 0.25) is 0 Å². The largest absolute Gasteiger partial charge is 0.456 e. The van der Waals surface area contributed by atoms with Crippen molar-refractivity contribution in [3.63, 3.8) is 0 Å². The fraction of sp³-hybridized carbons (Fsp3) is 0.106. The van der Waals surface area contributed by atoms with Gasteiger partial charge in [-0.25, -0.2) is 0 Å². The molecule has 3 heteroatoms. The minimum atomic E-state index is -0.528. The highest BCUT2D eigenvalue weighted by atomic mass is 16.3. The molecule has 4 atom stereocenters. The summed E-state index contributed by atoms with van der Waals surface area (Å²) in [5, 5.41) is 4.57. The van der Waals surface area contributed by atoms with Crippen molar-refractivity contribution in [1.82, 2.24) is 4.90 Å². The van der Waals surface area contributed by atoms with Crippen LogP contribution in [0.25, 0.3) is 66.1 Å². The van der Waals surface area contributed by atoms with Gasteiger partial charge >= 0.3 is 0 Å². The molecule has 8 aromatic rings. The molecule has 1 aliphatic heterocycles. The molecule has 0 bridgehead atoms. The summed E-state index contributed by atoms with van der Waals surface area (Å²) >= 11 is 0. The van der Waals surface area contributed by atoms with E-state index in [1.165, 1.54) is 50.1 Å². The number of para-hydroxylation sites is 2. The highest BCUT2D eigenvalue weighted by Crippen LogP contribution is 2.65. The predicted octanol–water partition coefficient (Wildman–Crippen LogP) is 11.5. The van der Waals surface area contributed by atoms with Crippen molar-refractivity contribution in [3.05, 3.63) is 180 Å². The van der Waals surface area contributed by atoms with E-state index in [1.54, 1.807) is 0 Å². The van der Waals surface area contributed by atoms with E-state index in [0.717, 1.165) is 43.9 Å². The van der Waals surface area contributed by atoms with E-state index >= 15 is 0 Å². The first-order valence-corrected chi connectivity index (χ1v) is 17.6. The van der Waals surface area contributed by atoms with Crippen LogP contribution in [0, 0.1) is 5.92 Å². The molecule has 6 aromatic carbocycles. The van der Waals surface area contributed by atoms with E-state index in [4.69, 9.17) is 8.83 Å². The third kappa shape index (κ3) is 3.20. The molecule has 3 aliphatic carbocycles. The molecule has 4 unspecified atom stereocenters. The minimum absolute atomic E-state index is 0.164. The number of benzene rings is 6. The van der Waals surface area contributed by atoms with Crippen LogP contribution >= 0.6 is 0 Å². The standard InChI is InChI=1S/C47H31NO2/c1-48-40-15-7-2-10-27(40)19-23-41(48)28-18-20-30-29-11-3-6-14-36(29)47(38(30)24-28)37-22-21-33-31-12-4-9-17-43(31)50-46(33)45(37)35-26-44-34(25-39(35)47)32-13-5-8-16-42(32)49-44/h2-27,40-41H,1H3. The Bertz CT molecular complexity index is 2880. The fourth-order valence-electron chi connectivity index (χ4n) is 9.96. The molecule has 2 aromatic heterocycles. The normalized spacial score (nSPS) is 22.9. The Hall–Kier alpha value is -5.90. The number of hydrogen-bond acceptors (Lipinski definition) is 3. The van der Waals surface area contributed by atoms with Crippen LogP contribution in [0.15, 0.2) is 161 Å². The summed E-state index contributed by atoms with van der Waals surface area (Å²) in [6, 6.07) is 43.0. The number of allylic oxidation sites excluding steroid dienone is 2. The topological polar surface area (TPSA) is 29.5 Å². The second-order valence-corrected chi connectivity index (χ2v) is 14.4. The van der Waals surface area contributed by atoms with E-state index in [0.29, 0.717) is 12.0 Å². The molecule has 3 nitrogen and oxygen atoms in total. The lowest BCUT2D eigenvalue weighted by molar-refractivity contribution is 0.201. The van der Waals surface area contributed by atoms with Gasteiger partial charge in [0.05, 0.1) is 11.5 Å². The molecule has 0 N–H and O–H groups in total. The molecular formula is C47H31NO2. The third-order valence-electron chi connectivity index (χ3n) is 12.1. The minimum Gasteiger partial charge on any atom is -0.456 e. The first kappa shape index (κ1) is 27.0. The number of likely N-dealkylation sites (N-methyl/N-ethyl adjacent to an activating group) is 1. The third-order valence-corrected chi connectivity index (χ3v) is 12.1. The Kier molecular flexibility index (Phi) is 5.08. The zero-order valence-corrected chi connectivity index (χ0v) is 27.4. The van der Waals surface area contributed by atoms with Crippen LogP contribution in [-0.4, -0.2) is 18.0 Å². The number of fused-ring (bicyclic) bond motifs is 18. The lowest BCUT2D eigenvalue weighted by Crippen LogP contribution is -2.41. The van der Waals surface area contributed by atoms with E-state index < -0.39 is 5.41 Å². The van der Waals surface area contributed by atoms with Crippen LogP contribution in [0.1, 0.15) is 33.9 Å². The van der Waals surface area contributed by atoms with Crippen molar-refractivity contribution < 1.29 is 8.83 Å². The van der Waals surface area contributed by atoms with Crippen molar-refractivity contribution in [2.45, 2.75) is 17.5 Å². The second-order valence-electron chi connectivity index (χ2n) is 14.4. The first-order valence-electron chi connectivity index (χ1n) is 17.6. The molecule has 50 heavy (non-hydrogen) atoms. The van der Waals surface area contributed by atoms with Gasteiger partial charge in [-0.3, -0.25) is 4.90 Å². The summed E-state index contributed by atoms with van der Waals surface area (Å²) < 4.78 is 13.4. The van der Waals surface area contributed by atoms with Gasteiger partial charge in [-0.2, -0.15) is 0 Å². The maximum absolute atomic E-state index is 6.83. The van der Waals surface area contributed by atoms with Crippen LogP contribution in [0.5, 0.6) is 0 Å². The monoisotopic (exact) mass is 641 g/mol. The Balaban J connectivity index is 1.21. The summed E-state index contributed by atoms with van der Waals surface area (Å²) in [4.78, 5) is 2.52. The molecule has 3 heterocycles. The lowest BCUT2D eigenvalue weighted by Gasteiger charge is -2.40. The number of rotatable bonds is 1. The van der Waals surface area contributed by atoms with Gasteiger partial charge in [-0.15, -0.1) is 0 Å². The van der Waals surface area contributed by atoms with Crippen molar-refractivity contribution >= 4 is 43.9 Å². The highest BCUT2D eigenvalue weighted by Gasteiger charge is 2.53. The summed E-state index contributed by atoms with van der Waals surface area (Å²) in [6.07, 6.45) is 13.8. The van der Waals surface area contributed by atoms with Gasteiger partial charge in [0.25, 0.3) is 0 Å². The van der Waals surface area contributed by atoms with Crippen molar-refractivity contribution in [2.24, 2.45) is 5.92 Å². The SMILES string of the molecule is CN1C(c2ccc3c(c2)C2(c4ccccc4-3)c3cc4c(cc3-c3c2ccc2c3oc3ccccc32)oc2ccccc24)C=CC2C=CC=CC21. The van der Waals surface area contributed by atoms with Gasteiger partial charge in [-0.1, -0.05) is 127 Å². The van der Waals surface area contributed by atoms with Crippen molar-refractivity contribution in [1.29, 1.82) is 0 Å². The molecule has 1 spiro atoms. The lowest BCUT2D eigenvalue weighted by atomic mass is 9.70. The molecule has 0 saturated carbocycles. The zero-order chi connectivity index (χ0) is 32.7. The van der Waals surface area contributed by atoms with Crippen LogP contribution in [0.2, 0.25) is 0 Å². The number of hydrogen-bond donors (Lipinski definition) is 0. The van der Waals surface area contributed by atoms with E-state index in [1.807, 2.05) is 0 Å². The summed E-state index contributed by atoms with van der Waals surface area (Å²) in [7, 11) is 2.27. The molecule has 0 radical (unpaired) electrons. The van der Waals surface area contributed by atoms with Crippen LogP contribution in [-0.2, 0) is 5.41 Å². The molecule has 236 valence electrons. The Labute approximate surface area is 289 Å². The maximum Gasteiger partial charge on any atom is 0.143 e. The van der Waals surface area contributed by atoms with Gasteiger partial charge in [0.15, 0.2) is 0 Å². The molecular weight excluding hydrogens is 611 g/mol.